The molecule has 5 heteroatoms. The van der Waals surface area contributed by atoms with Crippen molar-refractivity contribution >= 4 is 28.5 Å². The second kappa shape index (κ2) is 6.06. The van der Waals surface area contributed by atoms with Crippen LogP contribution in [-0.2, 0) is 17.2 Å². The van der Waals surface area contributed by atoms with Crippen molar-refractivity contribution in [3.05, 3.63) is 29.6 Å². The van der Waals surface area contributed by atoms with Crippen molar-refractivity contribution in [1.29, 1.82) is 0 Å². The van der Waals surface area contributed by atoms with E-state index in [0.717, 1.165) is 48.4 Å². The second-order valence-corrected chi connectivity index (χ2v) is 5.95. The molecule has 21 heavy (non-hydrogen) atoms. The average Bonchev–Trinajstić information content (AvgIpc) is 2.85. The number of hydrogen-bond acceptors (Lipinski definition) is 2. The van der Waals surface area contributed by atoms with Crippen LogP contribution in [0.25, 0.3) is 11.0 Å². The highest BCUT2D eigenvalue weighted by atomic mass is 35.5. The number of nitrogens with zero attached hydrogens (tertiary/aromatic N) is 3. The number of rotatable bonds is 3. The summed E-state index contributed by atoms with van der Waals surface area (Å²) in [6.45, 7) is 4.13. The lowest BCUT2D eigenvalue weighted by Gasteiger charge is -2.27. The number of aryl methyl sites for hydroxylation is 1. The third-order valence-corrected chi connectivity index (χ3v) is 4.34. The molecule has 0 unspecified atom stereocenters. The molecule has 1 aromatic heterocycles. The molecule has 1 aliphatic rings. The number of carbonyl (C=O) groups excluding carboxylic acids is 1. The summed E-state index contributed by atoms with van der Waals surface area (Å²) in [7, 11) is 0. The summed E-state index contributed by atoms with van der Waals surface area (Å²) in [6.07, 6.45) is 3.44. The van der Waals surface area contributed by atoms with Gasteiger partial charge in [-0.05, 0) is 43.9 Å². The minimum Gasteiger partial charge on any atom is -0.341 e. The first-order valence-electron chi connectivity index (χ1n) is 7.48. The molecule has 3 rings (SSSR count). The van der Waals surface area contributed by atoms with Crippen LogP contribution >= 0.6 is 11.6 Å². The van der Waals surface area contributed by atoms with E-state index in [1.165, 1.54) is 6.42 Å². The third kappa shape index (κ3) is 2.91. The highest BCUT2D eigenvalue weighted by molar-refractivity contribution is 6.16. The fraction of sp³-hybridized carbons (Fsp3) is 0.500. The molecule has 0 spiro atoms. The number of imidazole rings is 1. The molecule has 1 aliphatic heterocycles. The van der Waals surface area contributed by atoms with Crippen LogP contribution in [0.15, 0.2) is 18.2 Å². The number of benzene rings is 1. The molecule has 2 aromatic rings. The van der Waals surface area contributed by atoms with Crippen LogP contribution in [-0.4, -0.2) is 33.4 Å². The zero-order chi connectivity index (χ0) is 14.8. The lowest BCUT2D eigenvalue weighted by Crippen LogP contribution is -2.38. The highest BCUT2D eigenvalue weighted by Crippen LogP contribution is 2.20. The van der Waals surface area contributed by atoms with Gasteiger partial charge in [-0.2, -0.15) is 0 Å². The molecule has 0 saturated carbocycles. The Morgan fingerprint density at radius 2 is 2.05 bits per heavy atom. The van der Waals surface area contributed by atoms with Gasteiger partial charge in [-0.1, -0.05) is 6.07 Å². The van der Waals surface area contributed by atoms with E-state index in [0.29, 0.717) is 12.4 Å². The van der Waals surface area contributed by atoms with Gasteiger partial charge < -0.3 is 9.47 Å². The zero-order valence-corrected chi connectivity index (χ0v) is 13.1. The molecule has 0 aliphatic carbocycles. The summed E-state index contributed by atoms with van der Waals surface area (Å²) in [5.41, 5.74) is 3.06. The Labute approximate surface area is 129 Å². The van der Waals surface area contributed by atoms with E-state index in [2.05, 4.69) is 11.1 Å². The van der Waals surface area contributed by atoms with Gasteiger partial charge in [0, 0.05) is 13.1 Å². The standard InChI is InChI=1S/C16H20ClN3O/c1-12-5-6-13-14(9-12)20(15(10-17)18-13)11-16(21)19-7-3-2-4-8-19/h5-6,9H,2-4,7-8,10-11H2,1H3. The molecule has 1 aromatic carbocycles. The van der Waals surface area contributed by atoms with Crippen molar-refractivity contribution in [1.82, 2.24) is 14.5 Å². The number of piperidine rings is 1. The Kier molecular flexibility index (Phi) is 4.15. The highest BCUT2D eigenvalue weighted by Gasteiger charge is 2.19. The minimum atomic E-state index is 0.168. The quantitative estimate of drug-likeness (QED) is 0.817. The zero-order valence-electron chi connectivity index (χ0n) is 12.3. The second-order valence-electron chi connectivity index (χ2n) is 5.68. The molecular formula is C16H20ClN3O. The number of likely N-dealkylation sites (tertiary alicyclic amines) is 1. The van der Waals surface area contributed by atoms with E-state index in [1.54, 1.807) is 0 Å². The number of aromatic nitrogens is 2. The largest absolute Gasteiger partial charge is 0.341 e. The Hall–Kier alpha value is -1.55. The number of alkyl halides is 1. The van der Waals surface area contributed by atoms with Crippen LogP contribution in [0.5, 0.6) is 0 Å². The van der Waals surface area contributed by atoms with Gasteiger partial charge in [-0.25, -0.2) is 4.98 Å². The van der Waals surface area contributed by atoms with Gasteiger partial charge in [-0.15, -0.1) is 11.6 Å². The Balaban J connectivity index is 1.91. The SMILES string of the molecule is Cc1ccc2nc(CCl)n(CC(=O)N3CCCCC3)c2c1. The van der Waals surface area contributed by atoms with Crippen LogP contribution in [0.1, 0.15) is 30.7 Å². The van der Waals surface area contributed by atoms with Gasteiger partial charge in [-0.3, -0.25) is 4.79 Å². The molecule has 2 heterocycles. The van der Waals surface area contributed by atoms with E-state index in [9.17, 15) is 4.79 Å². The van der Waals surface area contributed by atoms with Crippen LogP contribution in [0.2, 0.25) is 0 Å². The van der Waals surface area contributed by atoms with Gasteiger partial charge in [0.25, 0.3) is 0 Å². The summed E-state index contributed by atoms with van der Waals surface area (Å²) in [5.74, 6) is 1.26. The van der Waals surface area contributed by atoms with Gasteiger partial charge in [0.2, 0.25) is 5.91 Å². The lowest BCUT2D eigenvalue weighted by molar-refractivity contribution is -0.132. The van der Waals surface area contributed by atoms with Crippen LogP contribution in [0.4, 0.5) is 0 Å². The van der Waals surface area contributed by atoms with Crippen LogP contribution < -0.4 is 0 Å². The molecule has 1 fully saturated rings. The first kappa shape index (κ1) is 14.4. The number of halogens is 1. The Morgan fingerprint density at radius 3 is 2.76 bits per heavy atom. The molecule has 4 nitrogen and oxygen atoms in total. The first-order chi connectivity index (χ1) is 10.2. The van der Waals surface area contributed by atoms with Crippen molar-refractivity contribution in [3.8, 4) is 0 Å². The average molecular weight is 306 g/mol. The van der Waals surface area contributed by atoms with E-state index in [4.69, 9.17) is 11.6 Å². The predicted octanol–water partition coefficient (Wildman–Crippen LogP) is 3.10. The fourth-order valence-corrected chi connectivity index (χ4v) is 3.14. The van der Waals surface area contributed by atoms with Gasteiger partial charge in [0.1, 0.15) is 12.4 Å². The van der Waals surface area contributed by atoms with E-state index >= 15 is 0 Å². The monoisotopic (exact) mass is 305 g/mol. The van der Waals surface area contributed by atoms with Crippen molar-refractivity contribution in [3.63, 3.8) is 0 Å². The topological polar surface area (TPSA) is 38.1 Å². The molecule has 0 bridgehead atoms. The number of hydrogen-bond donors (Lipinski definition) is 0. The van der Waals surface area contributed by atoms with Crippen molar-refractivity contribution in [2.75, 3.05) is 13.1 Å². The molecule has 1 amide bonds. The first-order valence-corrected chi connectivity index (χ1v) is 8.02. The van der Waals surface area contributed by atoms with Gasteiger partial charge in [0.15, 0.2) is 0 Å². The third-order valence-electron chi connectivity index (χ3n) is 4.10. The summed E-state index contributed by atoms with van der Waals surface area (Å²) >= 11 is 6.00. The molecule has 0 radical (unpaired) electrons. The van der Waals surface area contributed by atoms with Gasteiger partial charge >= 0.3 is 0 Å². The summed E-state index contributed by atoms with van der Waals surface area (Å²) in [5, 5.41) is 0. The predicted molar refractivity (Wildman–Crippen MR) is 84.5 cm³/mol. The normalized spacial score (nSPS) is 15.6. The summed E-state index contributed by atoms with van der Waals surface area (Å²) < 4.78 is 1.96. The van der Waals surface area contributed by atoms with Gasteiger partial charge in [0.05, 0.1) is 16.9 Å². The Morgan fingerprint density at radius 1 is 1.29 bits per heavy atom. The summed E-state index contributed by atoms with van der Waals surface area (Å²) in [6, 6.07) is 6.09. The number of carbonyl (C=O) groups is 1. The Bertz CT molecular complexity index is 659. The number of amides is 1. The van der Waals surface area contributed by atoms with Crippen LogP contribution in [0, 0.1) is 6.92 Å². The van der Waals surface area contributed by atoms with Crippen molar-refractivity contribution in [2.45, 2.75) is 38.6 Å². The molecule has 0 N–H and O–H groups in total. The molecule has 112 valence electrons. The van der Waals surface area contributed by atoms with E-state index < -0.39 is 0 Å². The molecule has 1 saturated heterocycles. The van der Waals surface area contributed by atoms with E-state index in [1.807, 2.05) is 28.5 Å². The number of fused-ring (bicyclic) bond motifs is 1. The summed E-state index contributed by atoms with van der Waals surface area (Å²) in [4.78, 5) is 19.0. The lowest BCUT2D eigenvalue weighted by atomic mass is 10.1. The maximum Gasteiger partial charge on any atom is 0.242 e. The molecular weight excluding hydrogens is 286 g/mol. The molecule has 0 atom stereocenters. The minimum absolute atomic E-state index is 0.168. The van der Waals surface area contributed by atoms with E-state index in [-0.39, 0.29) is 5.91 Å². The maximum atomic E-state index is 12.5. The van der Waals surface area contributed by atoms with Crippen LogP contribution in [0.3, 0.4) is 0 Å². The fourth-order valence-electron chi connectivity index (χ4n) is 2.94. The maximum absolute atomic E-state index is 12.5. The van der Waals surface area contributed by atoms with Crippen molar-refractivity contribution < 1.29 is 4.79 Å². The smallest absolute Gasteiger partial charge is 0.242 e. The van der Waals surface area contributed by atoms with Crippen molar-refractivity contribution in [2.24, 2.45) is 0 Å².